The van der Waals surface area contributed by atoms with E-state index in [0.717, 1.165) is 5.56 Å². The normalized spacial score (nSPS) is 16.7. The summed E-state index contributed by atoms with van der Waals surface area (Å²) in [6.45, 7) is 2.00. The predicted octanol–water partition coefficient (Wildman–Crippen LogP) is 4.95. The zero-order valence-corrected chi connectivity index (χ0v) is 17.7. The fourth-order valence-corrected chi connectivity index (χ4v) is 4.08. The molecule has 1 aliphatic rings. The van der Waals surface area contributed by atoms with E-state index in [-0.39, 0.29) is 18.9 Å². The van der Waals surface area contributed by atoms with E-state index in [1.807, 2.05) is 42.5 Å². The number of nitriles is 1. The van der Waals surface area contributed by atoms with Crippen LogP contribution in [-0.4, -0.2) is 23.4 Å². The molecule has 0 fully saturated rings. The van der Waals surface area contributed by atoms with Crippen molar-refractivity contribution in [3.8, 4) is 6.07 Å². The van der Waals surface area contributed by atoms with Gasteiger partial charge in [-0.05, 0) is 47.9 Å². The van der Waals surface area contributed by atoms with E-state index in [0.29, 0.717) is 22.3 Å². The van der Waals surface area contributed by atoms with Crippen molar-refractivity contribution in [1.82, 2.24) is 4.90 Å². The number of carbonyl (C=O) groups excluding carboxylic acids is 2. The molecule has 0 N–H and O–H groups in total. The minimum atomic E-state index is -1.33. The van der Waals surface area contributed by atoms with E-state index in [1.54, 1.807) is 55.6 Å². The first-order chi connectivity index (χ1) is 15.6. The van der Waals surface area contributed by atoms with Gasteiger partial charge in [-0.25, -0.2) is 4.79 Å². The van der Waals surface area contributed by atoms with Crippen molar-refractivity contribution in [2.24, 2.45) is 0 Å². The van der Waals surface area contributed by atoms with Crippen molar-refractivity contribution in [2.45, 2.75) is 18.9 Å². The molecule has 0 bridgehead atoms. The van der Waals surface area contributed by atoms with Gasteiger partial charge in [0.05, 0.1) is 18.2 Å². The summed E-state index contributed by atoms with van der Waals surface area (Å²) < 4.78 is 5.22. The molecule has 0 saturated heterocycles. The number of fused-ring (bicyclic) bond motifs is 1. The molecule has 1 aliphatic heterocycles. The highest BCUT2D eigenvalue weighted by molar-refractivity contribution is 5.97. The lowest BCUT2D eigenvalue weighted by molar-refractivity contribution is 0.0524. The molecule has 4 rings (SSSR count). The summed E-state index contributed by atoms with van der Waals surface area (Å²) in [6.07, 6.45) is 3.63. The van der Waals surface area contributed by atoms with Crippen molar-refractivity contribution < 1.29 is 14.3 Å². The SMILES string of the molecule is CCOC(=O)c1ccccc1CC1(C#N)c2ccccc2C=CN1C(=O)c1ccccc1. The maximum atomic E-state index is 13.5. The molecule has 3 aromatic carbocycles. The molecule has 5 heteroatoms. The van der Waals surface area contributed by atoms with Crippen molar-refractivity contribution in [2.75, 3.05) is 6.61 Å². The predicted molar refractivity (Wildman–Crippen MR) is 121 cm³/mol. The number of hydrogen-bond donors (Lipinski definition) is 0. The van der Waals surface area contributed by atoms with Crippen LogP contribution in [0.1, 0.15) is 44.3 Å². The van der Waals surface area contributed by atoms with Crippen LogP contribution in [0.3, 0.4) is 0 Å². The highest BCUT2D eigenvalue weighted by Gasteiger charge is 2.45. The van der Waals surface area contributed by atoms with Crippen molar-refractivity contribution in [3.63, 3.8) is 0 Å². The van der Waals surface area contributed by atoms with Crippen LogP contribution in [0.25, 0.3) is 6.08 Å². The average Bonchev–Trinajstić information content (AvgIpc) is 2.84. The Labute approximate surface area is 187 Å². The zero-order chi connectivity index (χ0) is 22.6. The number of carbonyl (C=O) groups is 2. The van der Waals surface area contributed by atoms with Gasteiger partial charge in [0.15, 0.2) is 5.54 Å². The molecule has 0 radical (unpaired) electrons. The number of rotatable bonds is 5. The van der Waals surface area contributed by atoms with Crippen LogP contribution in [0.2, 0.25) is 0 Å². The summed E-state index contributed by atoms with van der Waals surface area (Å²) in [5, 5.41) is 10.6. The summed E-state index contributed by atoms with van der Waals surface area (Å²) >= 11 is 0. The molecule has 32 heavy (non-hydrogen) atoms. The molecule has 1 heterocycles. The van der Waals surface area contributed by atoms with Crippen molar-refractivity contribution in [1.29, 1.82) is 5.26 Å². The summed E-state index contributed by atoms with van der Waals surface area (Å²) in [4.78, 5) is 27.6. The second kappa shape index (κ2) is 8.91. The van der Waals surface area contributed by atoms with E-state index in [1.165, 1.54) is 4.90 Å². The summed E-state index contributed by atoms with van der Waals surface area (Å²) in [7, 11) is 0. The summed E-state index contributed by atoms with van der Waals surface area (Å²) in [5.74, 6) is -0.733. The first-order valence-electron chi connectivity index (χ1n) is 10.4. The van der Waals surface area contributed by atoms with E-state index in [4.69, 9.17) is 4.74 Å². The van der Waals surface area contributed by atoms with Gasteiger partial charge in [0.1, 0.15) is 0 Å². The van der Waals surface area contributed by atoms with Gasteiger partial charge in [-0.2, -0.15) is 5.26 Å². The second-order valence-corrected chi connectivity index (χ2v) is 7.47. The first kappa shape index (κ1) is 21.1. The minimum absolute atomic E-state index is 0.137. The van der Waals surface area contributed by atoms with E-state index >= 15 is 0 Å². The molecular weight excluding hydrogens is 400 g/mol. The lowest BCUT2D eigenvalue weighted by atomic mass is 9.78. The minimum Gasteiger partial charge on any atom is -0.462 e. The number of benzene rings is 3. The monoisotopic (exact) mass is 422 g/mol. The molecule has 1 unspecified atom stereocenters. The van der Waals surface area contributed by atoms with Crippen LogP contribution < -0.4 is 0 Å². The maximum absolute atomic E-state index is 13.5. The van der Waals surface area contributed by atoms with Gasteiger partial charge >= 0.3 is 5.97 Å². The largest absolute Gasteiger partial charge is 0.462 e. The van der Waals surface area contributed by atoms with Crippen LogP contribution in [0, 0.1) is 11.3 Å². The Kier molecular flexibility index (Phi) is 5.87. The lowest BCUT2D eigenvalue weighted by Crippen LogP contribution is -2.49. The quantitative estimate of drug-likeness (QED) is 0.546. The molecule has 3 aromatic rings. The number of ether oxygens (including phenoxy) is 1. The van der Waals surface area contributed by atoms with Crippen LogP contribution in [0.4, 0.5) is 0 Å². The van der Waals surface area contributed by atoms with Crippen molar-refractivity contribution in [3.05, 3.63) is 113 Å². The molecule has 1 atom stereocenters. The van der Waals surface area contributed by atoms with Crippen LogP contribution >= 0.6 is 0 Å². The fourth-order valence-electron chi connectivity index (χ4n) is 4.08. The van der Waals surface area contributed by atoms with E-state index < -0.39 is 11.5 Å². The first-order valence-corrected chi connectivity index (χ1v) is 10.4. The van der Waals surface area contributed by atoms with Gasteiger partial charge in [0.2, 0.25) is 0 Å². The molecule has 0 aliphatic carbocycles. The third-order valence-electron chi connectivity index (χ3n) is 5.60. The Morgan fingerprint density at radius 3 is 2.41 bits per heavy atom. The number of nitrogens with zero attached hydrogens (tertiary/aromatic N) is 2. The molecule has 0 saturated carbocycles. The molecule has 5 nitrogen and oxygen atoms in total. The Hall–Kier alpha value is -4.17. The smallest absolute Gasteiger partial charge is 0.338 e. The second-order valence-electron chi connectivity index (χ2n) is 7.47. The lowest BCUT2D eigenvalue weighted by Gasteiger charge is -2.40. The Bertz CT molecular complexity index is 1230. The number of amides is 1. The van der Waals surface area contributed by atoms with Gasteiger partial charge < -0.3 is 4.74 Å². The highest BCUT2D eigenvalue weighted by atomic mass is 16.5. The standard InChI is InChI=1S/C27H22N2O3/c1-2-32-26(31)23-14-8-6-13-22(23)18-27(19-28)24-15-9-7-10-20(24)16-17-29(27)25(30)21-11-4-3-5-12-21/h3-17H,2,18H2,1H3. The topological polar surface area (TPSA) is 70.4 Å². The Balaban J connectivity index is 1.87. The maximum Gasteiger partial charge on any atom is 0.338 e. The van der Waals surface area contributed by atoms with Crippen LogP contribution in [0.15, 0.2) is 85.1 Å². The third kappa shape index (κ3) is 3.67. The van der Waals surface area contributed by atoms with Gasteiger partial charge in [-0.1, -0.05) is 60.7 Å². The Morgan fingerprint density at radius 1 is 0.969 bits per heavy atom. The fraction of sp³-hybridized carbons (Fsp3) is 0.148. The summed E-state index contributed by atoms with van der Waals surface area (Å²) in [5.41, 5.74) is 1.76. The van der Waals surface area contributed by atoms with Gasteiger partial charge in [0, 0.05) is 18.2 Å². The van der Waals surface area contributed by atoms with Crippen LogP contribution in [-0.2, 0) is 16.7 Å². The van der Waals surface area contributed by atoms with Crippen molar-refractivity contribution >= 4 is 18.0 Å². The molecule has 1 amide bonds. The average molecular weight is 422 g/mol. The molecule has 0 spiro atoms. The van der Waals surface area contributed by atoms with E-state index in [9.17, 15) is 14.9 Å². The van der Waals surface area contributed by atoms with Crippen LogP contribution in [0.5, 0.6) is 0 Å². The molecule has 158 valence electrons. The molecule has 0 aromatic heterocycles. The van der Waals surface area contributed by atoms with E-state index in [2.05, 4.69) is 6.07 Å². The number of hydrogen-bond acceptors (Lipinski definition) is 4. The van der Waals surface area contributed by atoms with Gasteiger partial charge in [-0.15, -0.1) is 0 Å². The Morgan fingerprint density at radius 2 is 1.66 bits per heavy atom. The van der Waals surface area contributed by atoms with Gasteiger partial charge in [0.25, 0.3) is 5.91 Å². The third-order valence-corrected chi connectivity index (χ3v) is 5.60. The number of esters is 1. The zero-order valence-electron chi connectivity index (χ0n) is 17.7. The highest BCUT2D eigenvalue weighted by Crippen LogP contribution is 2.40. The molecular formula is C27H22N2O3. The summed E-state index contributed by atoms with van der Waals surface area (Å²) in [6, 6.07) is 25.9. The van der Waals surface area contributed by atoms with Gasteiger partial charge in [-0.3, -0.25) is 9.69 Å².